The van der Waals surface area contributed by atoms with Crippen molar-refractivity contribution in [3.05, 3.63) is 213 Å². The van der Waals surface area contributed by atoms with Gasteiger partial charge in [0.15, 0.2) is 0 Å². The molecule has 0 saturated heterocycles. The molecule has 6 N–H and O–H groups in total. The van der Waals surface area contributed by atoms with Gasteiger partial charge in [0.1, 0.15) is 12.2 Å². The summed E-state index contributed by atoms with van der Waals surface area (Å²) in [6, 6.07) is 48.7. The minimum absolute atomic E-state index is 0.0438. The molecule has 2 unspecified atom stereocenters. The van der Waals surface area contributed by atoms with Crippen molar-refractivity contribution >= 4 is 23.3 Å². The summed E-state index contributed by atoms with van der Waals surface area (Å²) >= 11 is 0. The lowest BCUT2D eigenvalue weighted by Gasteiger charge is -2.28. The van der Waals surface area contributed by atoms with Gasteiger partial charge in [-0.1, -0.05) is 199 Å². The number of aromatic carboxylic acids is 2. The summed E-state index contributed by atoms with van der Waals surface area (Å²) in [5, 5.41) is 48.2. The second kappa shape index (κ2) is 25.9. The highest BCUT2D eigenvalue weighted by atomic mass is 16.4. The van der Waals surface area contributed by atoms with Gasteiger partial charge in [-0.2, -0.15) is 0 Å². The number of aliphatic hydroxyl groups excluding tert-OH is 2. The number of hydrogen-bond donors (Lipinski definition) is 6. The zero-order valence-corrected chi connectivity index (χ0v) is 49.4. The van der Waals surface area contributed by atoms with Crippen molar-refractivity contribution in [2.24, 2.45) is 5.92 Å². The van der Waals surface area contributed by atoms with E-state index >= 15 is 0 Å². The van der Waals surface area contributed by atoms with Crippen LogP contribution in [0.15, 0.2) is 152 Å². The van der Waals surface area contributed by atoms with Gasteiger partial charge in [-0.3, -0.25) is 0 Å². The molecule has 0 amide bonds. The van der Waals surface area contributed by atoms with Crippen LogP contribution in [0.4, 0.5) is 11.4 Å². The van der Waals surface area contributed by atoms with Gasteiger partial charge in [0.25, 0.3) is 0 Å². The average molecular weight is 1070 g/mol. The van der Waals surface area contributed by atoms with Crippen LogP contribution in [0.1, 0.15) is 180 Å². The van der Waals surface area contributed by atoms with E-state index in [0.717, 1.165) is 75.4 Å². The third-order valence-electron chi connectivity index (χ3n) is 13.9. The van der Waals surface area contributed by atoms with E-state index in [1.807, 2.05) is 18.2 Å². The van der Waals surface area contributed by atoms with Crippen molar-refractivity contribution in [3.63, 3.8) is 0 Å². The molecule has 0 aromatic heterocycles. The molecule has 0 saturated carbocycles. The standard InChI is InChI=1S/C38H41NO3.C34H41NO3/c1-37(2,3)31-19-17-28(18-20-31)32-24-30(34(40)21-14-27-12-15-29(16-13-27)36(41)42)25-33(38(4,5)6)35(32)39-23-22-26-10-8-7-9-11-26;1-22(2)21-35-31-28(24-14-16-27(17-15-24)33(3,4)5)19-26(20-29(31)34(6,7)8)30(36)18-11-23-9-12-25(13-10-23)32(37)38/h7-13,15-20,24-25,34,39-40H,22-23H2,1-6H3,(H,41,42);9-10,12-17,19-20,22,30,35-36H,21H2,1-8H3,(H,37,38). The molecule has 80 heavy (non-hydrogen) atoms. The lowest BCUT2D eigenvalue weighted by Crippen LogP contribution is -2.19. The molecule has 7 rings (SSSR count). The van der Waals surface area contributed by atoms with Crippen LogP contribution in [0.3, 0.4) is 0 Å². The maximum Gasteiger partial charge on any atom is 0.335 e. The minimum Gasteiger partial charge on any atom is -0.478 e. The largest absolute Gasteiger partial charge is 0.478 e. The number of rotatable bonds is 13. The maximum absolute atomic E-state index is 11.3. The van der Waals surface area contributed by atoms with E-state index < -0.39 is 24.1 Å². The highest BCUT2D eigenvalue weighted by Gasteiger charge is 2.26. The van der Waals surface area contributed by atoms with Crippen LogP contribution in [0, 0.1) is 29.6 Å². The molecular weight excluding hydrogens is 989 g/mol. The molecule has 0 aliphatic carbocycles. The smallest absolute Gasteiger partial charge is 0.335 e. The van der Waals surface area contributed by atoms with Crippen molar-refractivity contribution in [2.45, 2.75) is 137 Å². The SMILES string of the molecule is CC(C)(C)c1ccc(-c2cc(C(O)C#Cc3ccc(C(=O)O)cc3)cc(C(C)(C)C)c2NCCc2ccccc2)cc1.CC(C)CNc1c(-c2ccc(C(C)(C)C)cc2)cc(C(O)C#Cc2ccc(C(=O)O)cc2)cc1C(C)(C)C. The van der Waals surface area contributed by atoms with Crippen molar-refractivity contribution in [1.29, 1.82) is 0 Å². The molecule has 2 atom stereocenters. The average Bonchev–Trinajstić information content (AvgIpc) is 3.42. The molecule has 8 nitrogen and oxygen atoms in total. The predicted molar refractivity (Wildman–Crippen MR) is 331 cm³/mol. The van der Waals surface area contributed by atoms with Crippen LogP contribution in [-0.2, 0) is 28.1 Å². The van der Waals surface area contributed by atoms with E-state index in [1.165, 1.54) is 41.0 Å². The quantitative estimate of drug-likeness (QED) is 0.0628. The summed E-state index contributed by atoms with van der Waals surface area (Å²) < 4.78 is 0. The molecule has 7 aromatic rings. The van der Waals surface area contributed by atoms with Crippen LogP contribution in [0.25, 0.3) is 22.3 Å². The molecule has 0 spiro atoms. The maximum atomic E-state index is 11.3. The number of hydrogen-bond acceptors (Lipinski definition) is 6. The molecule has 0 fully saturated rings. The minimum atomic E-state index is -1.02. The monoisotopic (exact) mass is 1070 g/mol. The fourth-order valence-corrected chi connectivity index (χ4v) is 9.11. The Labute approximate surface area is 476 Å². The summed E-state index contributed by atoms with van der Waals surface area (Å²) in [7, 11) is 0. The highest BCUT2D eigenvalue weighted by Crippen LogP contribution is 2.43. The Bertz CT molecular complexity index is 3360. The van der Waals surface area contributed by atoms with Crippen LogP contribution in [-0.4, -0.2) is 45.5 Å². The first-order chi connectivity index (χ1) is 37.5. The number of benzene rings is 7. The van der Waals surface area contributed by atoms with Crippen LogP contribution in [0.5, 0.6) is 0 Å². The number of carboxylic acid groups (broad SMARTS) is 2. The van der Waals surface area contributed by atoms with Gasteiger partial charge in [0.2, 0.25) is 0 Å². The Morgan fingerprint density at radius 2 is 0.850 bits per heavy atom. The third kappa shape index (κ3) is 16.8. The predicted octanol–water partition coefficient (Wildman–Crippen LogP) is 16.2. The summed E-state index contributed by atoms with van der Waals surface area (Å²) in [5.41, 5.74) is 15.3. The first-order valence-electron chi connectivity index (χ1n) is 27.7. The topological polar surface area (TPSA) is 139 Å². The second-order valence-corrected chi connectivity index (χ2v) is 25.2. The van der Waals surface area contributed by atoms with E-state index in [9.17, 15) is 19.8 Å². The van der Waals surface area contributed by atoms with Crippen LogP contribution in [0.2, 0.25) is 0 Å². The molecule has 0 aliphatic heterocycles. The van der Waals surface area contributed by atoms with E-state index in [1.54, 1.807) is 24.3 Å². The van der Waals surface area contributed by atoms with E-state index in [0.29, 0.717) is 17.0 Å². The van der Waals surface area contributed by atoms with Gasteiger partial charge < -0.3 is 31.1 Å². The van der Waals surface area contributed by atoms with E-state index in [-0.39, 0.29) is 32.8 Å². The molecule has 0 radical (unpaired) electrons. The molecule has 8 heteroatoms. The lowest BCUT2D eigenvalue weighted by molar-refractivity contribution is 0.0686. The number of anilines is 2. The summed E-state index contributed by atoms with van der Waals surface area (Å²) in [4.78, 5) is 22.3. The molecule has 0 aliphatic rings. The van der Waals surface area contributed by atoms with Crippen molar-refractivity contribution < 1.29 is 30.0 Å². The summed E-state index contributed by atoms with van der Waals surface area (Å²) in [6.07, 6.45) is -1.12. The van der Waals surface area contributed by atoms with Gasteiger partial charge in [-0.15, -0.1) is 0 Å². The Morgan fingerprint density at radius 3 is 1.19 bits per heavy atom. The Morgan fingerprint density at radius 1 is 0.475 bits per heavy atom. The second-order valence-electron chi connectivity index (χ2n) is 25.2. The Kier molecular flexibility index (Phi) is 19.9. The van der Waals surface area contributed by atoms with Crippen molar-refractivity contribution in [3.8, 4) is 45.9 Å². The number of carboxylic acids is 2. The van der Waals surface area contributed by atoms with E-state index in [2.05, 4.69) is 216 Å². The van der Waals surface area contributed by atoms with Crippen LogP contribution >= 0.6 is 0 Å². The van der Waals surface area contributed by atoms with Crippen LogP contribution < -0.4 is 10.6 Å². The first-order valence-corrected chi connectivity index (χ1v) is 27.7. The number of carbonyl (C=O) groups is 2. The Hall–Kier alpha value is -7.88. The van der Waals surface area contributed by atoms with E-state index in [4.69, 9.17) is 10.2 Å². The highest BCUT2D eigenvalue weighted by molar-refractivity contribution is 5.88. The molecule has 7 aromatic carbocycles. The zero-order chi connectivity index (χ0) is 58.7. The molecular formula is C72H82N2O6. The first kappa shape index (κ1) is 61.3. The van der Waals surface area contributed by atoms with Gasteiger partial charge in [-0.05, 0) is 157 Å². The van der Waals surface area contributed by atoms with Crippen molar-refractivity contribution in [2.75, 3.05) is 23.7 Å². The van der Waals surface area contributed by atoms with Gasteiger partial charge in [0, 0.05) is 46.7 Å². The fraction of sp³-hybridized carbons (Fsp3) is 0.333. The normalized spacial score (nSPS) is 12.4. The summed E-state index contributed by atoms with van der Waals surface area (Å²) in [5.74, 6) is 10.5. The van der Waals surface area contributed by atoms with Crippen molar-refractivity contribution in [1.82, 2.24) is 0 Å². The Balaban J connectivity index is 0.000000259. The number of nitrogens with one attached hydrogen (secondary N) is 2. The molecule has 416 valence electrons. The zero-order valence-electron chi connectivity index (χ0n) is 49.4. The number of aliphatic hydroxyl groups is 2. The summed E-state index contributed by atoms with van der Waals surface area (Å²) in [6.45, 7) is 32.3. The fourth-order valence-electron chi connectivity index (χ4n) is 9.11. The molecule has 0 heterocycles. The van der Waals surface area contributed by atoms with Gasteiger partial charge >= 0.3 is 11.9 Å². The third-order valence-corrected chi connectivity index (χ3v) is 13.9. The van der Waals surface area contributed by atoms with Gasteiger partial charge in [0.05, 0.1) is 11.1 Å². The van der Waals surface area contributed by atoms with Gasteiger partial charge in [-0.25, -0.2) is 9.59 Å². The lowest BCUT2D eigenvalue weighted by atomic mass is 9.81. The molecule has 0 bridgehead atoms.